The molecule has 0 fully saturated rings. The van der Waals surface area contributed by atoms with Gasteiger partial charge in [0, 0.05) is 14.8 Å². The van der Waals surface area contributed by atoms with Gasteiger partial charge in [-0.15, -0.1) is 0 Å². The number of hydrogen-bond acceptors (Lipinski definition) is 3. The smallest absolute Gasteiger partial charge is 0.257 e. The summed E-state index contributed by atoms with van der Waals surface area (Å²) in [5, 5.41) is 6.05. The molecule has 0 aliphatic heterocycles. The molecule has 4 nitrogen and oxygen atoms in total. The van der Waals surface area contributed by atoms with E-state index in [1.807, 2.05) is 12.1 Å². The van der Waals surface area contributed by atoms with Crippen LogP contribution >= 0.6 is 34.8 Å². The van der Waals surface area contributed by atoms with Crippen molar-refractivity contribution in [1.29, 1.82) is 0 Å². The van der Waals surface area contributed by atoms with E-state index in [1.165, 1.54) is 0 Å². The SMILES string of the molecule is CCc1cc(I)ccc1NC(=S)NC(=O)c1ccc(OC)cc1. The molecule has 0 spiro atoms. The zero-order valence-electron chi connectivity index (χ0n) is 12.9. The van der Waals surface area contributed by atoms with E-state index in [-0.39, 0.29) is 11.0 Å². The van der Waals surface area contributed by atoms with E-state index in [0.717, 1.165) is 21.2 Å². The number of thiocarbonyl (C=S) groups is 1. The van der Waals surface area contributed by atoms with Crippen molar-refractivity contribution in [2.24, 2.45) is 0 Å². The number of halogens is 1. The molecule has 2 rings (SSSR count). The zero-order chi connectivity index (χ0) is 16.8. The number of aryl methyl sites for hydroxylation is 1. The summed E-state index contributed by atoms with van der Waals surface area (Å²) in [5.41, 5.74) is 2.58. The predicted molar refractivity (Wildman–Crippen MR) is 105 cm³/mol. The van der Waals surface area contributed by atoms with E-state index in [1.54, 1.807) is 31.4 Å². The summed E-state index contributed by atoms with van der Waals surface area (Å²) >= 11 is 7.50. The third-order valence-corrected chi connectivity index (χ3v) is 4.15. The van der Waals surface area contributed by atoms with Crippen molar-refractivity contribution >= 4 is 51.5 Å². The van der Waals surface area contributed by atoms with Crippen molar-refractivity contribution < 1.29 is 9.53 Å². The van der Waals surface area contributed by atoms with Crippen molar-refractivity contribution in [1.82, 2.24) is 5.32 Å². The van der Waals surface area contributed by atoms with Crippen LogP contribution in [-0.4, -0.2) is 18.1 Å². The summed E-state index contributed by atoms with van der Waals surface area (Å²) in [6, 6.07) is 12.9. The molecule has 0 aromatic heterocycles. The van der Waals surface area contributed by atoms with Gasteiger partial charge in [-0.3, -0.25) is 10.1 Å². The number of carbonyl (C=O) groups excluding carboxylic acids is 1. The van der Waals surface area contributed by atoms with Crippen LogP contribution in [0.2, 0.25) is 0 Å². The molecule has 0 unspecified atom stereocenters. The van der Waals surface area contributed by atoms with Crippen LogP contribution < -0.4 is 15.4 Å². The Morgan fingerprint density at radius 2 is 1.91 bits per heavy atom. The Morgan fingerprint density at radius 1 is 1.22 bits per heavy atom. The van der Waals surface area contributed by atoms with Gasteiger partial charge in [-0.2, -0.15) is 0 Å². The van der Waals surface area contributed by atoms with E-state index >= 15 is 0 Å². The fraction of sp³-hybridized carbons (Fsp3) is 0.176. The molecule has 23 heavy (non-hydrogen) atoms. The molecule has 0 saturated heterocycles. The van der Waals surface area contributed by atoms with Crippen LogP contribution in [0.15, 0.2) is 42.5 Å². The molecule has 0 aliphatic carbocycles. The maximum Gasteiger partial charge on any atom is 0.257 e. The van der Waals surface area contributed by atoms with Crippen LogP contribution in [0.3, 0.4) is 0 Å². The van der Waals surface area contributed by atoms with E-state index < -0.39 is 0 Å². The Bertz CT molecular complexity index is 717. The molecule has 1 amide bonds. The largest absolute Gasteiger partial charge is 0.497 e. The first-order valence-corrected chi connectivity index (χ1v) is 8.57. The molecule has 0 saturated carbocycles. The number of rotatable bonds is 4. The molecule has 0 bridgehead atoms. The summed E-state index contributed by atoms with van der Waals surface area (Å²) in [5.74, 6) is 0.447. The number of carbonyl (C=O) groups is 1. The highest BCUT2D eigenvalue weighted by Crippen LogP contribution is 2.19. The Hall–Kier alpha value is -1.67. The predicted octanol–water partition coefficient (Wildman–Crippen LogP) is 3.99. The number of benzene rings is 2. The molecule has 2 aromatic carbocycles. The lowest BCUT2D eigenvalue weighted by Gasteiger charge is -2.13. The van der Waals surface area contributed by atoms with Gasteiger partial charge in [-0.05, 0) is 89.3 Å². The number of methoxy groups -OCH3 is 1. The normalized spacial score (nSPS) is 10.0. The van der Waals surface area contributed by atoms with E-state index in [0.29, 0.717) is 11.3 Å². The van der Waals surface area contributed by atoms with Gasteiger partial charge in [0.1, 0.15) is 5.75 Å². The summed E-state index contributed by atoms with van der Waals surface area (Å²) in [6.07, 6.45) is 0.883. The number of amides is 1. The summed E-state index contributed by atoms with van der Waals surface area (Å²) in [4.78, 5) is 12.2. The molecular weight excluding hydrogens is 423 g/mol. The lowest BCUT2D eigenvalue weighted by Crippen LogP contribution is -2.34. The monoisotopic (exact) mass is 440 g/mol. The second-order valence-electron chi connectivity index (χ2n) is 4.79. The van der Waals surface area contributed by atoms with Crippen LogP contribution in [0, 0.1) is 3.57 Å². The minimum atomic E-state index is -0.256. The Kier molecular flexibility index (Phi) is 6.35. The van der Waals surface area contributed by atoms with Crippen molar-refractivity contribution in [3.63, 3.8) is 0 Å². The average molecular weight is 440 g/mol. The number of hydrogen-bond donors (Lipinski definition) is 2. The molecule has 0 radical (unpaired) electrons. The van der Waals surface area contributed by atoms with Gasteiger partial charge in [0.15, 0.2) is 5.11 Å². The molecule has 2 N–H and O–H groups in total. The third-order valence-electron chi connectivity index (χ3n) is 3.28. The van der Waals surface area contributed by atoms with Crippen LogP contribution in [0.1, 0.15) is 22.8 Å². The zero-order valence-corrected chi connectivity index (χ0v) is 15.8. The minimum absolute atomic E-state index is 0.256. The number of ether oxygens (including phenoxy) is 1. The first-order valence-electron chi connectivity index (χ1n) is 7.08. The van der Waals surface area contributed by atoms with Crippen molar-refractivity contribution in [2.75, 3.05) is 12.4 Å². The van der Waals surface area contributed by atoms with E-state index in [9.17, 15) is 4.79 Å². The van der Waals surface area contributed by atoms with E-state index in [4.69, 9.17) is 17.0 Å². The summed E-state index contributed by atoms with van der Waals surface area (Å²) < 4.78 is 6.24. The standard InChI is InChI=1S/C17H17IN2O2S/c1-3-11-10-13(18)6-9-15(11)19-17(23)20-16(21)12-4-7-14(22-2)8-5-12/h4-10H,3H2,1-2H3,(H2,19,20,21,23). The maximum atomic E-state index is 12.2. The second-order valence-corrected chi connectivity index (χ2v) is 6.45. The fourth-order valence-electron chi connectivity index (χ4n) is 2.05. The van der Waals surface area contributed by atoms with Crippen molar-refractivity contribution in [3.05, 3.63) is 57.2 Å². The molecule has 6 heteroatoms. The summed E-state index contributed by atoms with van der Waals surface area (Å²) in [7, 11) is 1.58. The Labute approximate surface area is 154 Å². The van der Waals surface area contributed by atoms with Crippen LogP contribution in [0.4, 0.5) is 5.69 Å². The summed E-state index contributed by atoms with van der Waals surface area (Å²) in [6.45, 7) is 2.08. The second kappa shape index (κ2) is 8.26. The molecule has 0 aliphatic rings. The van der Waals surface area contributed by atoms with Gasteiger partial charge >= 0.3 is 0 Å². The quantitative estimate of drug-likeness (QED) is 0.558. The molecule has 2 aromatic rings. The lowest BCUT2D eigenvalue weighted by atomic mass is 10.1. The molecular formula is C17H17IN2O2S. The van der Waals surface area contributed by atoms with Gasteiger partial charge in [0.25, 0.3) is 5.91 Å². The first kappa shape index (κ1) is 17.7. The number of anilines is 1. The highest BCUT2D eigenvalue weighted by Gasteiger charge is 2.09. The Balaban J connectivity index is 2.02. The highest BCUT2D eigenvalue weighted by molar-refractivity contribution is 14.1. The maximum absolute atomic E-state index is 12.2. The van der Waals surface area contributed by atoms with E-state index in [2.05, 4.69) is 46.2 Å². The average Bonchev–Trinajstić information content (AvgIpc) is 2.56. The topological polar surface area (TPSA) is 50.4 Å². The van der Waals surface area contributed by atoms with Gasteiger partial charge < -0.3 is 10.1 Å². The van der Waals surface area contributed by atoms with Gasteiger partial charge in [0.2, 0.25) is 0 Å². The van der Waals surface area contributed by atoms with Crippen molar-refractivity contribution in [3.8, 4) is 5.75 Å². The minimum Gasteiger partial charge on any atom is -0.497 e. The molecule has 0 heterocycles. The van der Waals surface area contributed by atoms with Gasteiger partial charge in [0.05, 0.1) is 7.11 Å². The van der Waals surface area contributed by atoms with Crippen LogP contribution in [0.5, 0.6) is 5.75 Å². The first-order chi connectivity index (χ1) is 11.0. The Morgan fingerprint density at radius 3 is 2.52 bits per heavy atom. The highest BCUT2D eigenvalue weighted by atomic mass is 127. The fourth-order valence-corrected chi connectivity index (χ4v) is 2.81. The third kappa shape index (κ3) is 4.90. The van der Waals surface area contributed by atoms with Gasteiger partial charge in [-0.1, -0.05) is 6.92 Å². The van der Waals surface area contributed by atoms with Crippen LogP contribution in [-0.2, 0) is 6.42 Å². The molecule has 120 valence electrons. The lowest BCUT2D eigenvalue weighted by molar-refractivity contribution is 0.0977. The van der Waals surface area contributed by atoms with Crippen molar-refractivity contribution in [2.45, 2.75) is 13.3 Å². The van der Waals surface area contributed by atoms with Crippen LogP contribution in [0.25, 0.3) is 0 Å². The molecule has 0 atom stereocenters. The number of nitrogens with one attached hydrogen (secondary N) is 2. The van der Waals surface area contributed by atoms with Gasteiger partial charge in [-0.25, -0.2) is 0 Å².